The summed E-state index contributed by atoms with van der Waals surface area (Å²) in [5.41, 5.74) is 1.57. The van der Waals surface area contributed by atoms with Crippen LogP contribution in [0.2, 0.25) is 0 Å². The van der Waals surface area contributed by atoms with Crippen molar-refractivity contribution < 1.29 is 18.7 Å². The maximum Gasteiger partial charge on any atom is 0.259 e. The Labute approximate surface area is 167 Å². The number of carbonyl (C=O) groups excluding carboxylic acids is 2. The second-order valence-electron chi connectivity index (χ2n) is 6.19. The predicted octanol–water partition coefficient (Wildman–Crippen LogP) is 3.82. The first-order valence-corrected chi connectivity index (χ1v) is 8.84. The molecule has 0 aliphatic rings. The number of amides is 1. The van der Waals surface area contributed by atoms with Crippen LogP contribution in [0.3, 0.4) is 0 Å². The number of halogens is 1. The van der Waals surface area contributed by atoms with Gasteiger partial charge in [0.1, 0.15) is 17.6 Å². The fraction of sp³-hybridized carbons (Fsp3) is 0.0870. The van der Waals surface area contributed by atoms with E-state index in [4.69, 9.17) is 4.74 Å². The van der Waals surface area contributed by atoms with E-state index in [1.807, 2.05) is 12.1 Å². The fourth-order valence-electron chi connectivity index (χ4n) is 2.66. The number of ether oxygens (including phenoxy) is 1. The van der Waals surface area contributed by atoms with Gasteiger partial charge in [-0.2, -0.15) is 5.26 Å². The van der Waals surface area contributed by atoms with E-state index in [1.165, 1.54) is 24.3 Å². The van der Waals surface area contributed by atoms with Crippen LogP contribution in [0.1, 0.15) is 27.5 Å². The Morgan fingerprint density at radius 3 is 2.17 bits per heavy atom. The number of benzene rings is 3. The van der Waals surface area contributed by atoms with Gasteiger partial charge in [0.15, 0.2) is 12.4 Å². The summed E-state index contributed by atoms with van der Waals surface area (Å²) in [6.07, 6.45) is 0. The quantitative estimate of drug-likeness (QED) is 0.624. The molecule has 3 aromatic carbocycles. The summed E-state index contributed by atoms with van der Waals surface area (Å²) in [4.78, 5) is 24.4. The predicted molar refractivity (Wildman–Crippen MR) is 105 cm³/mol. The first-order valence-electron chi connectivity index (χ1n) is 8.84. The summed E-state index contributed by atoms with van der Waals surface area (Å²) < 4.78 is 18.4. The Morgan fingerprint density at radius 1 is 0.931 bits per heavy atom. The third-order valence-corrected chi connectivity index (χ3v) is 4.16. The third kappa shape index (κ3) is 5.27. The van der Waals surface area contributed by atoms with Crippen molar-refractivity contribution in [3.63, 3.8) is 0 Å². The van der Waals surface area contributed by atoms with Crippen LogP contribution in [0, 0.1) is 17.1 Å². The van der Waals surface area contributed by atoms with E-state index in [1.54, 1.807) is 48.5 Å². The van der Waals surface area contributed by atoms with Gasteiger partial charge in [0.05, 0.1) is 6.07 Å². The minimum atomic E-state index is -0.905. The van der Waals surface area contributed by atoms with E-state index in [0.29, 0.717) is 22.4 Å². The van der Waals surface area contributed by atoms with E-state index in [2.05, 4.69) is 5.32 Å². The Hall–Kier alpha value is -3.98. The lowest BCUT2D eigenvalue weighted by Crippen LogP contribution is -2.32. The smallest absolute Gasteiger partial charge is 0.259 e. The van der Waals surface area contributed by atoms with Crippen molar-refractivity contribution in [2.75, 3.05) is 6.61 Å². The lowest BCUT2D eigenvalue weighted by Gasteiger charge is -2.13. The topological polar surface area (TPSA) is 79.2 Å². The molecule has 3 rings (SSSR count). The maximum absolute atomic E-state index is 13.0. The molecule has 0 aliphatic carbocycles. The third-order valence-electron chi connectivity index (χ3n) is 4.16. The molecule has 0 bridgehead atoms. The van der Waals surface area contributed by atoms with Gasteiger partial charge in [-0.15, -0.1) is 0 Å². The largest absolute Gasteiger partial charge is 0.484 e. The summed E-state index contributed by atoms with van der Waals surface area (Å²) in [5, 5.41) is 11.8. The number of ketones is 1. The van der Waals surface area contributed by atoms with Crippen LogP contribution < -0.4 is 10.1 Å². The highest BCUT2D eigenvalue weighted by atomic mass is 19.1. The van der Waals surface area contributed by atoms with E-state index in [-0.39, 0.29) is 12.4 Å². The van der Waals surface area contributed by atoms with Crippen LogP contribution in [0.5, 0.6) is 5.75 Å². The summed E-state index contributed by atoms with van der Waals surface area (Å²) in [6.45, 7) is -0.300. The second kappa shape index (κ2) is 9.29. The molecule has 5 nitrogen and oxygen atoms in total. The number of nitrogens with one attached hydrogen (secondary N) is 1. The van der Waals surface area contributed by atoms with Crippen molar-refractivity contribution in [1.29, 1.82) is 5.26 Å². The Kier molecular flexibility index (Phi) is 6.33. The van der Waals surface area contributed by atoms with Gasteiger partial charge in [0.25, 0.3) is 5.91 Å². The SMILES string of the molecule is N#C[C@@H](NC(=O)COc1ccc(C(=O)c2ccccc2)cc1)c1ccc(F)cc1. The van der Waals surface area contributed by atoms with E-state index < -0.39 is 17.8 Å². The molecule has 1 amide bonds. The lowest BCUT2D eigenvalue weighted by atomic mass is 10.0. The average molecular weight is 388 g/mol. The minimum absolute atomic E-state index is 0.106. The number of hydrogen-bond donors (Lipinski definition) is 1. The van der Waals surface area contributed by atoms with Gasteiger partial charge in [0, 0.05) is 11.1 Å². The highest BCUT2D eigenvalue weighted by Crippen LogP contribution is 2.16. The molecule has 0 saturated carbocycles. The standard InChI is InChI=1S/C23H17FN2O3/c24-19-10-6-16(7-11-19)21(14-25)26-22(27)15-29-20-12-8-18(9-13-20)23(28)17-4-2-1-3-5-17/h1-13,21H,15H2,(H,26,27)/t21-/m1/s1. The maximum atomic E-state index is 13.0. The summed E-state index contributed by atoms with van der Waals surface area (Å²) in [7, 11) is 0. The molecule has 0 radical (unpaired) electrons. The number of hydrogen-bond acceptors (Lipinski definition) is 4. The van der Waals surface area contributed by atoms with Crippen LogP contribution >= 0.6 is 0 Å². The first-order chi connectivity index (χ1) is 14.1. The number of nitriles is 1. The van der Waals surface area contributed by atoms with Gasteiger partial charge in [-0.3, -0.25) is 9.59 Å². The molecule has 0 aliphatic heterocycles. The molecule has 29 heavy (non-hydrogen) atoms. The van der Waals surface area contributed by atoms with Crippen LogP contribution in [0.4, 0.5) is 4.39 Å². The van der Waals surface area contributed by atoms with Crippen molar-refractivity contribution in [2.24, 2.45) is 0 Å². The number of nitrogens with zero attached hydrogens (tertiary/aromatic N) is 1. The van der Waals surface area contributed by atoms with Crippen LogP contribution in [0.15, 0.2) is 78.9 Å². The summed E-state index contributed by atoms with van der Waals surface area (Å²) in [5.74, 6) is -0.606. The van der Waals surface area contributed by atoms with Gasteiger partial charge < -0.3 is 10.1 Å². The van der Waals surface area contributed by atoms with Gasteiger partial charge >= 0.3 is 0 Å². The zero-order valence-corrected chi connectivity index (χ0v) is 15.3. The molecular weight excluding hydrogens is 371 g/mol. The molecule has 3 aromatic rings. The van der Waals surface area contributed by atoms with Gasteiger partial charge in [-0.25, -0.2) is 4.39 Å². The van der Waals surface area contributed by atoms with Crippen molar-refractivity contribution >= 4 is 11.7 Å². The molecule has 0 fully saturated rings. The van der Waals surface area contributed by atoms with Crippen molar-refractivity contribution in [3.05, 3.63) is 101 Å². The minimum Gasteiger partial charge on any atom is -0.484 e. The van der Waals surface area contributed by atoms with Gasteiger partial charge in [-0.05, 0) is 42.0 Å². The lowest BCUT2D eigenvalue weighted by molar-refractivity contribution is -0.123. The summed E-state index contributed by atoms with van der Waals surface area (Å²) >= 11 is 0. The van der Waals surface area contributed by atoms with E-state index in [9.17, 15) is 19.2 Å². The highest BCUT2D eigenvalue weighted by Gasteiger charge is 2.14. The molecule has 0 heterocycles. The highest BCUT2D eigenvalue weighted by molar-refractivity contribution is 6.08. The van der Waals surface area contributed by atoms with Gasteiger partial charge in [-0.1, -0.05) is 42.5 Å². The van der Waals surface area contributed by atoms with Crippen LogP contribution in [-0.4, -0.2) is 18.3 Å². The Balaban J connectivity index is 1.55. The van der Waals surface area contributed by atoms with Crippen molar-refractivity contribution in [1.82, 2.24) is 5.32 Å². The van der Waals surface area contributed by atoms with Gasteiger partial charge in [0.2, 0.25) is 0 Å². The summed E-state index contributed by atoms with van der Waals surface area (Å²) in [6, 6.07) is 21.7. The van der Waals surface area contributed by atoms with E-state index in [0.717, 1.165) is 0 Å². The first kappa shape index (κ1) is 19.8. The molecule has 0 spiro atoms. The normalized spacial score (nSPS) is 11.2. The van der Waals surface area contributed by atoms with Crippen molar-refractivity contribution in [3.8, 4) is 11.8 Å². The second-order valence-corrected chi connectivity index (χ2v) is 6.19. The molecule has 1 N–H and O–H groups in total. The zero-order chi connectivity index (χ0) is 20.6. The van der Waals surface area contributed by atoms with Crippen molar-refractivity contribution in [2.45, 2.75) is 6.04 Å². The Morgan fingerprint density at radius 2 is 1.55 bits per heavy atom. The average Bonchev–Trinajstić information content (AvgIpc) is 2.77. The van der Waals surface area contributed by atoms with Crippen LogP contribution in [-0.2, 0) is 4.79 Å². The zero-order valence-electron chi connectivity index (χ0n) is 15.3. The number of rotatable bonds is 7. The molecule has 0 saturated heterocycles. The molecule has 6 heteroatoms. The molecule has 1 atom stereocenters. The number of carbonyl (C=O) groups is 2. The van der Waals surface area contributed by atoms with Crippen LogP contribution in [0.25, 0.3) is 0 Å². The fourth-order valence-corrected chi connectivity index (χ4v) is 2.66. The molecular formula is C23H17FN2O3. The van der Waals surface area contributed by atoms with E-state index >= 15 is 0 Å². The monoisotopic (exact) mass is 388 g/mol. The molecule has 0 unspecified atom stereocenters. The molecule has 0 aromatic heterocycles. The Bertz CT molecular complexity index is 1030. The molecule has 144 valence electrons.